The van der Waals surface area contributed by atoms with Crippen LogP contribution in [-0.4, -0.2) is 45.4 Å². The van der Waals surface area contributed by atoms with E-state index in [0.717, 1.165) is 18.4 Å². The zero-order valence-corrected chi connectivity index (χ0v) is 16.8. The summed E-state index contributed by atoms with van der Waals surface area (Å²) >= 11 is 0. The summed E-state index contributed by atoms with van der Waals surface area (Å²) < 4.78 is 37.2. The summed E-state index contributed by atoms with van der Waals surface area (Å²) in [4.78, 5) is 12.4. The second-order valence-electron chi connectivity index (χ2n) is 6.62. The molecule has 0 aromatic heterocycles. The number of benzene rings is 2. The van der Waals surface area contributed by atoms with Crippen LogP contribution in [0.25, 0.3) is 0 Å². The maximum absolute atomic E-state index is 12.5. The first-order valence-corrected chi connectivity index (χ1v) is 10.5. The first kappa shape index (κ1) is 20.2. The van der Waals surface area contributed by atoms with Gasteiger partial charge in [0.25, 0.3) is 5.91 Å². The second-order valence-corrected chi connectivity index (χ2v) is 8.56. The van der Waals surface area contributed by atoms with Gasteiger partial charge in [-0.3, -0.25) is 4.79 Å². The molecule has 1 fully saturated rings. The van der Waals surface area contributed by atoms with Crippen molar-refractivity contribution in [1.29, 1.82) is 0 Å². The number of amides is 1. The van der Waals surface area contributed by atoms with Crippen molar-refractivity contribution in [2.45, 2.75) is 24.7 Å². The average Bonchev–Trinajstić information content (AvgIpc) is 3.23. The van der Waals surface area contributed by atoms with Crippen molar-refractivity contribution in [3.8, 4) is 11.5 Å². The lowest BCUT2D eigenvalue weighted by molar-refractivity contribution is -0.118. The normalized spacial score (nSPS) is 14.6. The number of hydrogen-bond donors (Lipinski definition) is 1. The molecule has 28 heavy (non-hydrogen) atoms. The highest BCUT2D eigenvalue weighted by molar-refractivity contribution is 7.89. The number of nitrogens with one attached hydrogen (secondary N) is 1. The number of anilines is 1. The highest BCUT2D eigenvalue weighted by Gasteiger charge is 2.26. The molecule has 2 aromatic carbocycles. The van der Waals surface area contributed by atoms with Crippen LogP contribution in [-0.2, 0) is 14.8 Å². The monoisotopic (exact) mass is 404 g/mol. The van der Waals surface area contributed by atoms with E-state index in [1.807, 2.05) is 19.1 Å². The Kier molecular flexibility index (Phi) is 6.21. The zero-order valence-electron chi connectivity index (χ0n) is 16.0. The molecule has 0 saturated carbocycles. The summed E-state index contributed by atoms with van der Waals surface area (Å²) in [7, 11) is -1.92. The lowest BCUT2D eigenvalue weighted by Gasteiger charge is -2.15. The molecule has 1 N–H and O–H groups in total. The summed E-state index contributed by atoms with van der Waals surface area (Å²) in [5.41, 5.74) is 1.56. The summed E-state index contributed by atoms with van der Waals surface area (Å²) in [5.74, 6) is 0.653. The SMILES string of the molecule is COc1ccc(C)cc1NC(=O)COc1ccc(S(=O)(=O)N2CCCC2)cc1. The van der Waals surface area contributed by atoms with E-state index in [0.29, 0.717) is 30.3 Å². The first-order valence-electron chi connectivity index (χ1n) is 9.07. The molecule has 0 radical (unpaired) electrons. The molecule has 0 spiro atoms. The van der Waals surface area contributed by atoms with Crippen LogP contribution in [0.4, 0.5) is 5.69 Å². The standard InChI is InChI=1S/C20H24N2O5S/c1-15-5-10-19(26-2)18(13-15)21-20(23)14-27-16-6-8-17(9-7-16)28(24,25)22-11-3-4-12-22/h5-10,13H,3-4,11-12,14H2,1-2H3,(H,21,23). The van der Waals surface area contributed by atoms with Gasteiger partial charge in [-0.05, 0) is 61.7 Å². The number of rotatable bonds is 7. The van der Waals surface area contributed by atoms with Gasteiger partial charge in [-0.2, -0.15) is 4.31 Å². The van der Waals surface area contributed by atoms with Crippen LogP contribution in [0, 0.1) is 6.92 Å². The Bertz CT molecular complexity index is 936. The van der Waals surface area contributed by atoms with Crippen molar-refractivity contribution in [2.75, 3.05) is 32.1 Å². The molecule has 150 valence electrons. The summed E-state index contributed by atoms with van der Waals surface area (Å²) in [6, 6.07) is 11.6. The van der Waals surface area contributed by atoms with Gasteiger partial charge in [0, 0.05) is 13.1 Å². The van der Waals surface area contributed by atoms with Gasteiger partial charge in [0.1, 0.15) is 11.5 Å². The topological polar surface area (TPSA) is 84.9 Å². The fraction of sp³-hybridized carbons (Fsp3) is 0.350. The maximum Gasteiger partial charge on any atom is 0.262 e. The Morgan fingerprint density at radius 1 is 1.11 bits per heavy atom. The van der Waals surface area contributed by atoms with Crippen molar-refractivity contribution in [3.63, 3.8) is 0 Å². The van der Waals surface area contributed by atoms with Gasteiger partial charge in [0.2, 0.25) is 10.0 Å². The van der Waals surface area contributed by atoms with E-state index < -0.39 is 10.0 Å². The van der Waals surface area contributed by atoms with E-state index in [4.69, 9.17) is 9.47 Å². The number of carbonyl (C=O) groups excluding carboxylic acids is 1. The maximum atomic E-state index is 12.5. The summed E-state index contributed by atoms with van der Waals surface area (Å²) in [5, 5.41) is 2.75. The molecular weight excluding hydrogens is 380 g/mol. The predicted molar refractivity (Wildman–Crippen MR) is 106 cm³/mol. The van der Waals surface area contributed by atoms with Gasteiger partial charge in [0.15, 0.2) is 6.61 Å². The van der Waals surface area contributed by atoms with Crippen LogP contribution in [0.1, 0.15) is 18.4 Å². The Balaban J connectivity index is 1.59. The van der Waals surface area contributed by atoms with Gasteiger partial charge in [-0.1, -0.05) is 6.07 Å². The fourth-order valence-corrected chi connectivity index (χ4v) is 4.56. The average molecular weight is 404 g/mol. The van der Waals surface area contributed by atoms with E-state index in [2.05, 4.69) is 5.32 Å². The smallest absolute Gasteiger partial charge is 0.262 e. The van der Waals surface area contributed by atoms with Crippen molar-refractivity contribution in [1.82, 2.24) is 4.31 Å². The van der Waals surface area contributed by atoms with Crippen LogP contribution < -0.4 is 14.8 Å². The van der Waals surface area contributed by atoms with Crippen molar-refractivity contribution >= 4 is 21.6 Å². The molecule has 2 aromatic rings. The first-order chi connectivity index (χ1) is 13.4. The minimum absolute atomic E-state index is 0.199. The molecule has 1 amide bonds. The summed E-state index contributed by atoms with van der Waals surface area (Å²) in [6.07, 6.45) is 1.78. The van der Waals surface area contributed by atoms with Crippen LogP contribution in [0.5, 0.6) is 11.5 Å². The van der Waals surface area contributed by atoms with E-state index in [-0.39, 0.29) is 17.4 Å². The molecule has 0 atom stereocenters. The Morgan fingerprint density at radius 2 is 1.79 bits per heavy atom. The lowest BCUT2D eigenvalue weighted by atomic mass is 10.2. The minimum atomic E-state index is -3.45. The number of hydrogen-bond acceptors (Lipinski definition) is 5. The molecule has 1 heterocycles. The Labute approximate surface area is 165 Å². The van der Waals surface area contributed by atoms with Gasteiger partial charge < -0.3 is 14.8 Å². The van der Waals surface area contributed by atoms with E-state index in [9.17, 15) is 13.2 Å². The van der Waals surface area contributed by atoms with Crippen molar-refractivity contribution in [3.05, 3.63) is 48.0 Å². The molecule has 7 nitrogen and oxygen atoms in total. The van der Waals surface area contributed by atoms with Gasteiger partial charge in [-0.25, -0.2) is 8.42 Å². The number of ether oxygens (including phenoxy) is 2. The van der Waals surface area contributed by atoms with Gasteiger partial charge in [-0.15, -0.1) is 0 Å². The quantitative estimate of drug-likeness (QED) is 0.767. The molecular formula is C20H24N2O5S. The molecule has 0 unspecified atom stereocenters. The minimum Gasteiger partial charge on any atom is -0.495 e. The lowest BCUT2D eigenvalue weighted by Crippen LogP contribution is -2.27. The third-order valence-corrected chi connectivity index (χ3v) is 6.44. The third kappa shape index (κ3) is 4.63. The molecule has 0 aliphatic carbocycles. The van der Waals surface area contributed by atoms with Crippen LogP contribution >= 0.6 is 0 Å². The molecule has 8 heteroatoms. The van der Waals surface area contributed by atoms with E-state index in [1.165, 1.54) is 23.5 Å². The van der Waals surface area contributed by atoms with Crippen LogP contribution in [0.3, 0.4) is 0 Å². The van der Waals surface area contributed by atoms with E-state index >= 15 is 0 Å². The fourth-order valence-electron chi connectivity index (χ4n) is 3.04. The Morgan fingerprint density at radius 3 is 2.43 bits per heavy atom. The number of methoxy groups -OCH3 is 1. The number of aryl methyl sites for hydroxylation is 1. The summed E-state index contributed by atoms with van der Waals surface area (Å²) in [6.45, 7) is 2.84. The number of carbonyl (C=O) groups is 1. The number of nitrogens with zero attached hydrogens (tertiary/aromatic N) is 1. The molecule has 3 rings (SSSR count). The van der Waals surface area contributed by atoms with Crippen molar-refractivity contribution < 1.29 is 22.7 Å². The molecule has 1 aliphatic heterocycles. The molecule has 0 bridgehead atoms. The van der Waals surface area contributed by atoms with Crippen LogP contribution in [0.2, 0.25) is 0 Å². The zero-order chi connectivity index (χ0) is 20.1. The Hall–Kier alpha value is -2.58. The third-order valence-electron chi connectivity index (χ3n) is 4.53. The highest BCUT2D eigenvalue weighted by Crippen LogP contribution is 2.25. The highest BCUT2D eigenvalue weighted by atomic mass is 32.2. The van der Waals surface area contributed by atoms with E-state index in [1.54, 1.807) is 18.2 Å². The molecule has 1 saturated heterocycles. The van der Waals surface area contributed by atoms with Crippen LogP contribution in [0.15, 0.2) is 47.4 Å². The van der Waals surface area contributed by atoms with Gasteiger partial charge in [0.05, 0.1) is 17.7 Å². The largest absolute Gasteiger partial charge is 0.495 e. The molecule has 1 aliphatic rings. The number of sulfonamides is 1. The predicted octanol–water partition coefficient (Wildman–Crippen LogP) is 2.81. The van der Waals surface area contributed by atoms with Crippen molar-refractivity contribution in [2.24, 2.45) is 0 Å². The second kappa shape index (κ2) is 8.62. The van der Waals surface area contributed by atoms with Gasteiger partial charge >= 0.3 is 0 Å².